The van der Waals surface area contributed by atoms with Crippen molar-refractivity contribution in [3.05, 3.63) is 23.8 Å². The molecule has 0 radical (unpaired) electrons. The molecule has 0 unspecified atom stereocenters. The van der Waals surface area contributed by atoms with E-state index in [1.54, 1.807) is 27.7 Å². The molecular formula is C11H18BNO4S. The van der Waals surface area contributed by atoms with E-state index in [0.717, 1.165) is 0 Å². The van der Waals surface area contributed by atoms with E-state index in [-0.39, 0.29) is 4.90 Å². The second kappa shape index (κ2) is 5.01. The van der Waals surface area contributed by atoms with Crippen molar-refractivity contribution in [2.45, 2.75) is 38.1 Å². The first kappa shape index (κ1) is 15.2. The average molecular weight is 271 g/mol. The third-order valence-electron chi connectivity index (χ3n) is 2.27. The summed E-state index contributed by atoms with van der Waals surface area (Å²) in [6, 6.07) is 4.18. The maximum Gasteiger partial charge on any atom is 0.488 e. The molecule has 0 atom stereocenters. The van der Waals surface area contributed by atoms with Crippen LogP contribution in [-0.4, -0.2) is 31.1 Å². The van der Waals surface area contributed by atoms with Gasteiger partial charge in [0.2, 0.25) is 10.0 Å². The van der Waals surface area contributed by atoms with E-state index in [9.17, 15) is 8.42 Å². The van der Waals surface area contributed by atoms with Crippen LogP contribution in [0.2, 0.25) is 0 Å². The largest absolute Gasteiger partial charge is 0.488 e. The molecule has 18 heavy (non-hydrogen) atoms. The fourth-order valence-electron chi connectivity index (χ4n) is 1.57. The number of nitrogens with one attached hydrogen (secondary N) is 1. The Morgan fingerprint density at radius 3 is 2.17 bits per heavy atom. The molecule has 0 heterocycles. The Balaban J connectivity index is 3.16. The molecule has 0 aliphatic rings. The quantitative estimate of drug-likeness (QED) is 0.662. The lowest BCUT2D eigenvalue weighted by molar-refractivity contribution is 0.425. The summed E-state index contributed by atoms with van der Waals surface area (Å²) in [5, 5.41) is 18.2. The molecule has 0 amide bonds. The van der Waals surface area contributed by atoms with E-state index in [4.69, 9.17) is 10.0 Å². The number of sulfonamides is 1. The Hall–Kier alpha value is -0.885. The molecule has 3 N–H and O–H groups in total. The van der Waals surface area contributed by atoms with Crippen LogP contribution in [0.25, 0.3) is 0 Å². The highest BCUT2D eigenvalue weighted by atomic mass is 32.2. The normalized spacial score (nSPS) is 12.6. The van der Waals surface area contributed by atoms with Crippen LogP contribution in [0.5, 0.6) is 0 Å². The van der Waals surface area contributed by atoms with Crippen molar-refractivity contribution in [2.24, 2.45) is 0 Å². The zero-order valence-corrected chi connectivity index (χ0v) is 11.7. The van der Waals surface area contributed by atoms with Gasteiger partial charge in [-0.1, -0.05) is 11.6 Å². The van der Waals surface area contributed by atoms with Crippen molar-refractivity contribution in [3.63, 3.8) is 0 Å². The van der Waals surface area contributed by atoms with Crippen LogP contribution in [0.1, 0.15) is 26.3 Å². The molecular weight excluding hydrogens is 253 g/mol. The summed E-state index contributed by atoms with van der Waals surface area (Å²) in [5.74, 6) is 0. The van der Waals surface area contributed by atoms with Gasteiger partial charge in [0.05, 0.1) is 4.90 Å². The van der Waals surface area contributed by atoms with E-state index in [1.807, 2.05) is 0 Å². The fraction of sp³-hybridized carbons (Fsp3) is 0.455. The molecule has 5 nitrogen and oxygen atoms in total. The van der Waals surface area contributed by atoms with Crippen molar-refractivity contribution in [2.75, 3.05) is 0 Å². The second-order valence-corrected chi connectivity index (χ2v) is 6.93. The highest BCUT2D eigenvalue weighted by Crippen LogP contribution is 2.13. The molecule has 1 rings (SSSR count). The van der Waals surface area contributed by atoms with Gasteiger partial charge in [-0.15, -0.1) is 0 Å². The van der Waals surface area contributed by atoms with Crippen LogP contribution >= 0.6 is 0 Å². The van der Waals surface area contributed by atoms with Gasteiger partial charge in [-0.05, 0) is 45.3 Å². The van der Waals surface area contributed by atoms with Gasteiger partial charge in [-0.25, -0.2) is 13.1 Å². The number of rotatable bonds is 3. The van der Waals surface area contributed by atoms with Crippen LogP contribution in [0, 0.1) is 6.92 Å². The van der Waals surface area contributed by atoms with Crippen LogP contribution in [-0.2, 0) is 10.0 Å². The number of aryl methyl sites for hydroxylation is 1. The molecule has 0 saturated heterocycles. The molecule has 100 valence electrons. The van der Waals surface area contributed by atoms with Crippen LogP contribution in [0.4, 0.5) is 0 Å². The first-order valence-corrected chi connectivity index (χ1v) is 7.02. The summed E-state index contributed by atoms with van der Waals surface area (Å²) < 4.78 is 26.6. The first-order chi connectivity index (χ1) is 8.03. The SMILES string of the molecule is Cc1cc(S(=O)(=O)NC(C)(C)C)ccc1B(O)O. The minimum Gasteiger partial charge on any atom is -0.423 e. The lowest BCUT2D eigenvalue weighted by atomic mass is 9.77. The summed E-state index contributed by atoms with van der Waals surface area (Å²) in [6.07, 6.45) is 0. The molecule has 0 aliphatic heterocycles. The Morgan fingerprint density at radius 2 is 1.78 bits per heavy atom. The van der Waals surface area contributed by atoms with Crippen molar-refractivity contribution >= 4 is 22.6 Å². The topological polar surface area (TPSA) is 86.6 Å². The highest BCUT2D eigenvalue weighted by molar-refractivity contribution is 7.89. The smallest absolute Gasteiger partial charge is 0.423 e. The molecule has 1 aromatic rings. The second-order valence-electron chi connectivity index (χ2n) is 5.25. The van der Waals surface area contributed by atoms with Crippen LogP contribution in [0.3, 0.4) is 0 Å². The summed E-state index contributed by atoms with van der Waals surface area (Å²) in [5.41, 5.74) is 0.244. The molecule has 7 heteroatoms. The number of hydrogen-bond acceptors (Lipinski definition) is 4. The van der Waals surface area contributed by atoms with Gasteiger partial charge in [-0.3, -0.25) is 0 Å². The number of hydrogen-bond donors (Lipinski definition) is 3. The highest BCUT2D eigenvalue weighted by Gasteiger charge is 2.23. The Morgan fingerprint density at radius 1 is 1.22 bits per heavy atom. The van der Waals surface area contributed by atoms with E-state index < -0.39 is 22.7 Å². The van der Waals surface area contributed by atoms with Crippen LogP contribution < -0.4 is 10.2 Å². The van der Waals surface area contributed by atoms with E-state index in [0.29, 0.717) is 11.0 Å². The zero-order chi connectivity index (χ0) is 14.1. The molecule has 0 aromatic heterocycles. The number of benzene rings is 1. The Labute approximate surface area is 108 Å². The van der Waals surface area contributed by atoms with Crippen molar-refractivity contribution in [3.8, 4) is 0 Å². The van der Waals surface area contributed by atoms with Gasteiger partial charge in [0.25, 0.3) is 0 Å². The third kappa shape index (κ3) is 3.81. The van der Waals surface area contributed by atoms with Crippen molar-refractivity contribution in [1.82, 2.24) is 4.72 Å². The van der Waals surface area contributed by atoms with Gasteiger partial charge in [0.1, 0.15) is 0 Å². The molecule has 1 aromatic carbocycles. The predicted octanol–water partition coefficient (Wildman–Crippen LogP) is -0.248. The van der Waals surface area contributed by atoms with Gasteiger partial charge < -0.3 is 10.0 Å². The van der Waals surface area contributed by atoms with Gasteiger partial charge in [-0.2, -0.15) is 0 Å². The maximum absolute atomic E-state index is 12.0. The fourth-order valence-corrected chi connectivity index (χ4v) is 3.07. The first-order valence-electron chi connectivity index (χ1n) is 5.53. The molecule has 0 saturated carbocycles. The lowest BCUT2D eigenvalue weighted by Gasteiger charge is -2.20. The lowest BCUT2D eigenvalue weighted by Crippen LogP contribution is -2.40. The minimum absolute atomic E-state index is 0.110. The molecule has 0 spiro atoms. The van der Waals surface area contributed by atoms with E-state index >= 15 is 0 Å². The van der Waals surface area contributed by atoms with Crippen LogP contribution in [0.15, 0.2) is 23.1 Å². The standard InChI is InChI=1S/C11H18BNO4S/c1-8-7-9(5-6-10(8)12(14)15)18(16,17)13-11(2,3)4/h5-7,13-15H,1-4H3. The maximum atomic E-state index is 12.0. The summed E-state index contributed by atoms with van der Waals surface area (Å²) in [4.78, 5) is 0.110. The Bertz CT molecular complexity index is 534. The molecule has 0 fully saturated rings. The Kier molecular flexibility index (Phi) is 4.22. The monoisotopic (exact) mass is 271 g/mol. The van der Waals surface area contributed by atoms with Crippen molar-refractivity contribution < 1.29 is 18.5 Å². The van der Waals surface area contributed by atoms with Gasteiger partial charge in [0, 0.05) is 5.54 Å². The molecule has 0 bridgehead atoms. The van der Waals surface area contributed by atoms with Crippen molar-refractivity contribution in [1.29, 1.82) is 0 Å². The zero-order valence-electron chi connectivity index (χ0n) is 10.9. The average Bonchev–Trinajstić information content (AvgIpc) is 2.12. The van der Waals surface area contributed by atoms with E-state index in [1.165, 1.54) is 18.2 Å². The summed E-state index contributed by atoms with van der Waals surface area (Å²) >= 11 is 0. The predicted molar refractivity (Wildman–Crippen MR) is 71.1 cm³/mol. The minimum atomic E-state index is -3.60. The third-order valence-corrected chi connectivity index (χ3v) is 4.03. The van der Waals surface area contributed by atoms with Gasteiger partial charge >= 0.3 is 7.12 Å². The summed E-state index contributed by atoms with van der Waals surface area (Å²) in [6.45, 7) is 6.89. The summed E-state index contributed by atoms with van der Waals surface area (Å²) in [7, 11) is -5.20. The molecule has 0 aliphatic carbocycles. The van der Waals surface area contributed by atoms with E-state index in [2.05, 4.69) is 4.72 Å². The van der Waals surface area contributed by atoms with Gasteiger partial charge in [0.15, 0.2) is 0 Å².